The molecule has 0 fully saturated rings. The number of nitrogens with one attached hydrogen (secondary N) is 2. The van der Waals surface area contributed by atoms with Crippen LogP contribution >= 0.6 is 11.6 Å². The van der Waals surface area contributed by atoms with Gasteiger partial charge in [-0.2, -0.15) is 4.72 Å². The summed E-state index contributed by atoms with van der Waals surface area (Å²) in [7, 11) is -3.85. The van der Waals surface area contributed by atoms with E-state index < -0.39 is 16.1 Å². The van der Waals surface area contributed by atoms with Crippen molar-refractivity contribution in [1.29, 1.82) is 0 Å². The van der Waals surface area contributed by atoms with E-state index in [1.807, 2.05) is 44.2 Å². The molecule has 0 aliphatic rings. The molecular formula is C18H21ClN2O3S. The highest BCUT2D eigenvalue weighted by Crippen LogP contribution is 2.15. The first kappa shape index (κ1) is 19.4. The summed E-state index contributed by atoms with van der Waals surface area (Å²) < 4.78 is 27.7. The first-order valence-electron chi connectivity index (χ1n) is 7.90. The van der Waals surface area contributed by atoms with Crippen LogP contribution in [0.3, 0.4) is 0 Å². The smallest absolute Gasteiger partial charge is 0.241 e. The van der Waals surface area contributed by atoms with Crippen LogP contribution in [0.2, 0.25) is 5.02 Å². The summed E-state index contributed by atoms with van der Waals surface area (Å²) in [5.41, 5.74) is 0.866. The second kappa shape index (κ2) is 8.47. The average Bonchev–Trinajstić information content (AvgIpc) is 2.55. The molecule has 2 rings (SSSR count). The molecule has 0 heterocycles. The van der Waals surface area contributed by atoms with Crippen molar-refractivity contribution in [2.45, 2.75) is 37.2 Å². The molecule has 2 aromatic carbocycles. The molecule has 0 radical (unpaired) electrons. The molecule has 0 aliphatic carbocycles. The van der Waals surface area contributed by atoms with Crippen LogP contribution in [0.1, 0.15) is 19.4 Å². The largest absolute Gasteiger partial charge is 0.353 e. The summed E-state index contributed by atoms with van der Waals surface area (Å²) in [6.45, 7) is 3.65. The molecule has 0 aliphatic heterocycles. The Morgan fingerprint density at radius 3 is 2.20 bits per heavy atom. The number of halogens is 1. The minimum Gasteiger partial charge on any atom is -0.353 e. The molecule has 0 aromatic heterocycles. The number of rotatable bonds is 7. The zero-order valence-electron chi connectivity index (χ0n) is 14.1. The highest BCUT2D eigenvalue weighted by Gasteiger charge is 2.26. The van der Waals surface area contributed by atoms with Gasteiger partial charge in [0.25, 0.3) is 0 Å². The van der Waals surface area contributed by atoms with Gasteiger partial charge >= 0.3 is 0 Å². The highest BCUT2D eigenvalue weighted by atomic mass is 35.5. The van der Waals surface area contributed by atoms with Gasteiger partial charge in [0.1, 0.15) is 6.04 Å². The van der Waals surface area contributed by atoms with E-state index in [0.717, 1.165) is 5.56 Å². The Kier molecular flexibility index (Phi) is 6.58. The van der Waals surface area contributed by atoms with Crippen LogP contribution in [-0.2, 0) is 21.2 Å². The van der Waals surface area contributed by atoms with Gasteiger partial charge in [-0.1, -0.05) is 41.9 Å². The van der Waals surface area contributed by atoms with Crippen LogP contribution in [0, 0.1) is 0 Å². The van der Waals surface area contributed by atoms with Gasteiger partial charge in [-0.25, -0.2) is 8.42 Å². The molecule has 25 heavy (non-hydrogen) atoms. The van der Waals surface area contributed by atoms with E-state index in [0.29, 0.717) is 5.02 Å². The zero-order chi connectivity index (χ0) is 18.4. The van der Waals surface area contributed by atoms with Crippen molar-refractivity contribution in [3.63, 3.8) is 0 Å². The molecule has 134 valence electrons. The number of amides is 1. The Balaban J connectivity index is 2.25. The molecule has 1 amide bonds. The van der Waals surface area contributed by atoms with Crippen molar-refractivity contribution in [3.05, 3.63) is 65.2 Å². The number of hydrogen-bond acceptors (Lipinski definition) is 3. The Morgan fingerprint density at radius 2 is 1.64 bits per heavy atom. The molecule has 0 bridgehead atoms. The second-order valence-electron chi connectivity index (χ2n) is 5.98. The molecule has 7 heteroatoms. The summed E-state index contributed by atoms with van der Waals surface area (Å²) in [5.74, 6) is -0.364. The predicted molar refractivity (Wildman–Crippen MR) is 99.0 cm³/mol. The third kappa shape index (κ3) is 5.85. The molecule has 0 unspecified atom stereocenters. The lowest BCUT2D eigenvalue weighted by molar-refractivity contribution is -0.123. The van der Waals surface area contributed by atoms with E-state index in [1.54, 1.807) is 0 Å². The van der Waals surface area contributed by atoms with Crippen molar-refractivity contribution in [3.8, 4) is 0 Å². The minimum absolute atomic E-state index is 0.0623. The van der Waals surface area contributed by atoms with Crippen molar-refractivity contribution in [1.82, 2.24) is 10.0 Å². The molecule has 5 nitrogen and oxygen atoms in total. The maximum atomic E-state index is 12.6. The van der Waals surface area contributed by atoms with Crippen LogP contribution in [0.15, 0.2) is 59.5 Å². The standard InChI is InChI=1S/C18H21ClN2O3S/c1-13(2)20-18(22)17(12-14-6-4-3-5-7-14)21-25(23,24)16-10-8-15(19)9-11-16/h3-11,13,17,21H,12H2,1-2H3,(H,20,22)/t17-/m1/s1. The van der Waals surface area contributed by atoms with Crippen LogP contribution in [0.5, 0.6) is 0 Å². The maximum absolute atomic E-state index is 12.6. The van der Waals surface area contributed by atoms with Crippen molar-refractivity contribution in [2.75, 3.05) is 0 Å². The Hall–Kier alpha value is -1.89. The van der Waals surface area contributed by atoms with Gasteiger partial charge in [-0.05, 0) is 50.1 Å². The quantitative estimate of drug-likeness (QED) is 0.775. The summed E-state index contributed by atoms with van der Waals surface area (Å²) in [6.07, 6.45) is 0.256. The lowest BCUT2D eigenvalue weighted by atomic mass is 10.1. The van der Waals surface area contributed by atoms with Gasteiger partial charge in [-0.15, -0.1) is 0 Å². The van der Waals surface area contributed by atoms with Gasteiger partial charge in [-0.3, -0.25) is 4.79 Å². The van der Waals surface area contributed by atoms with Crippen LogP contribution in [0.25, 0.3) is 0 Å². The van der Waals surface area contributed by atoms with Gasteiger partial charge < -0.3 is 5.32 Å². The number of carbonyl (C=O) groups is 1. The highest BCUT2D eigenvalue weighted by molar-refractivity contribution is 7.89. The Labute approximate surface area is 153 Å². The lowest BCUT2D eigenvalue weighted by Gasteiger charge is -2.20. The van der Waals surface area contributed by atoms with Gasteiger partial charge in [0.05, 0.1) is 4.90 Å². The fourth-order valence-electron chi connectivity index (χ4n) is 2.29. The first-order chi connectivity index (χ1) is 11.8. The number of sulfonamides is 1. The van der Waals surface area contributed by atoms with E-state index in [9.17, 15) is 13.2 Å². The third-order valence-corrected chi connectivity index (χ3v) is 5.19. The molecule has 1 atom stereocenters. The molecular weight excluding hydrogens is 360 g/mol. The van der Waals surface area contributed by atoms with Crippen LogP contribution in [-0.4, -0.2) is 26.4 Å². The number of benzene rings is 2. The van der Waals surface area contributed by atoms with Gasteiger partial charge in [0, 0.05) is 11.1 Å². The summed E-state index contributed by atoms with van der Waals surface area (Å²) in [6, 6.07) is 14.1. The summed E-state index contributed by atoms with van der Waals surface area (Å²) in [5, 5.41) is 3.20. The fraction of sp³-hybridized carbons (Fsp3) is 0.278. The molecule has 2 N–H and O–H groups in total. The van der Waals surface area contributed by atoms with Gasteiger partial charge in [0.15, 0.2) is 0 Å². The Morgan fingerprint density at radius 1 is 1.04 bits per heavy atom. The first-order valence-corrected chi connectivity index (χ1v) is 9.76. The van der Waals surface area contributed by atoms with E-state index >= 15 is 0 Å². The molecule has 2 aromatic rings. The predicted octanol–water partition coefficient (Wildman–Crippen LogP) is 2.75. The fourth-order valence-corrected chi connectivity index (χ4v) is 3.61. The second-order valence-corrected chi connectivity index (χ2v) is 8.13. The van der Waals surface area contributed by atoms with E-state index in [4.69, 9.17) is 11.6 Å². The van der Waals surface area contributed by atoms with Gasteiger partial charge in [0.2, 0.25) is 15.9 Å². The number of hydrogen-bond donors (Lipinski definition) is 2. The van der Waals surface area contributed by atoms with E-state index in [2.05, 4.69) is 10.0 Å². The lowest BCUT2D eigenvalue weighted by Crippen LogP contribution is -2.49. The zero-order valence-corrected chi connectivity index (χ0v) is 15.6. The van der Waals surface area contributed by atoms with Crippen molar-refractivity contribution >= 4 is 27.5 Å². The van der Waals surface area contributed by atoms with Crippen molar-refractivity contribution < 1.29 is 13.2 Å². The average molecular weight is 381 g/mol. The monoisotopic (exact) mass is 380 g/mol. The Bertz CT molecular complexity index is 806. The minimum atomic E-state index is -3.85. The molecule has 0 saturated carbocycles. The number of carbonyl (C=O) groups excluding carboxylic acids is 1. The SMILES string of the molecule is CC(C)NC(=O)[C@@H](Cc1ccccc1)NS(=O)(=O)c1ccc(Cl)cc1. The van der Waals surface area contributed by atoms with Crippen LogP contribution < -0.4 is 10.0 Å². The summed E-state index contributed by atoms with van der Waals surface area (Å²) >= 11 is 5.80. The molecule has 0 saturated heterocycles. The third-order valence-electron chi connectivity index (χ3n) is 3.45. The van der Waals surface area contributed by atoms with Crippen molar-refractivity contribution in [2.24, 2.45) is 0 Å². The van der Waals surface area contributed by atoms with Crippen LogP contribution in [0.4, 0.5) is 0 Å². The topological polar surface area (TPSA) is 75.3 Å². The maximum Gasteiger partial charge on any atom is 0.241 e. The normalized spacial score (nSPS) is 12.8. The van der Waals surface area contributed by atoms with E-state index in [-0.39, 0.29) is 23.3 Å². The van der Waals surface area contributed by atoms with E-state index in [1.165, 1.54) is 24.3 Å². The summed E-state index contributed by atoms with van der Waals surface area (Å²) in [4.78, 5) is 12.5. The molecule has 0 spiro atoms.